The molecule has 0 aliphatic rings. The number of nitrogens with zero attached hydrogens (tertiary/aromatic N) is 1. The highest BCUT2D eigenvalue weighted by Gasteiger charge is 2.02. The summed E-state index contributed by atoms with van der Waals surface area (Å²) in [6, 6.07) is 8.78. The lowest BCUT2D eigenvalue weighted by molar-refractivity contribution is 0.588. The number of benzene rings is 1. The largest absolute Gasteiger partial charge is 0.308 e. The van der Waals surface area contributed by atoms with E-state index < -0.39 is 0 Å². The molecule has 1 aromatic heterocycles. The van der Waals surface area contributed by atoms with Crippen LogP contribution < -0.4 is 5.32 Å². The minimum absolute atomic E-state index is 0.516. The van der Waals surface area contributed by atoms with E-state index in [9.17, 15) is 0 Å². The second-order valence-corrected chi connectivity index (χ2v) is 4.73. The van der Waals surface area contributed by atoms with Gasteiger partial charge in [-0.05, 0) is 12.1 Å². The molecule has 0 fully saturated rings. The summed E-state index contributed by atoms with van der Waals surface area (Å²) in [5.41, 5.74) is 1.11. The van der Waals surface area contributed by atoms with Gasteiger partial charge in [-0.25, -0.2) is 4.98 Å². The average Bonchev–Trinajstić information content (AvgIpc) is 2.57. The van der Waals surface area contributed by atoms with E-state index in [0.717, 1.165) is 12.1 Å². The molecule has 0 radical (unpaired) electrons. The second kappa shape index (κ2) is 4.07. The van der Waals surface area contributed by atoms with Crippen LogP contribution in [0.1, 0.15) is 18.9 Å². The van der Waals surface area contributed by atoms with Crippen LogP contribution in [0.15, 0.2) is 24.3 Å². The molecule has 2 rings (SSSR count). The molecule has 2 aromatic rings. The molecule has 0 amide bonds. The number of aromatic nitrogens is 1. The summed E-state index contributed by atoms with van der Waals surface area (Å²) in [6.07, 6.45) is 0. The summed E-state index contributed by atoms with van der Waals surface area (Å²) in [7, 11) is 0. The van der Waals surface area contributed by atoms with Gasteiger partial charge in [0, 0.05) is 12.6 Å². The predicted molar refractivity (Wildman–Crippen MR) is 61.6 cm³/mol. The van der Waals surface area contributed by atoms with E-state index in [0.29, 0.717) is 6.04 Å². The van der Waals surface area contributed by atoms with Crippen LogP contribution >= 0.6 is 11.3 Å². The van der Waals surface area contributed by atoms with Crippen molar-refractivity contribution in [2.24, 2.45) is 0 Å². The molecular formula is C11H14N2S. The van der Waals surface area contributed by atoms with Crippen molar-refractivity contribution < 1.29 is 0 Å². The second-order valence-electron chi connectivity index (χ2n) is 3.61. The first-order chi connectivity index (χ1) is 6.75. The Morgan fingerprint density at radius 1 is 1.36 bits per heavy atom. The zero-order chi connectivity index (χ0) is 9.97. The first-order valence-electron chi connectivity index (χ1n) is 4.83. The lowest BCUT2D eigenvalue weighted by Crippen LogP contribution is -2.21. The summed E-state index contributed by atoms with van der Waals surface area (Å²) in [6.45, 7) is 5.16. The van der Waals surface area contributed by atoms with Crippen LogP contribution in [-0.4, -0.2) is 11.0 Å². The molecule has 0 unspecified atom stereocenters. The van der Waals surface area contributed by atoms with Crippen molar-refractivity contribution in [3.8, 4) is 0 Å². The first-order valence-corrected chi connectivity index (χ1v) is 5.65. The minimum Gasteiger partial charge on any atom is -0.308 e. The van der Waals surface area contributed by atoms with Crippen molar-refractivity contribution in [2.75, 3.05) is 0 Å². The normalized spacial score (nSPS) is 11.4. The molecule has 1 N–H and O–H groups in total. The van der Waals surface area contributed by atoms with E-state index in [1.807, 2.05) is 6.07 Å². The number of fused-ring (bicyclic) bond motifs is 1. The van der Waals surface area contributed by atoms with Crippen molar-refractivity contribution in [3.63, 3.8) is 0 Å². The summed E-state index contributed by atoms with van der Waals surface area (Å²) in [5.74, 6) is 0. The Morgan fingerprint density at radius 3 is 2.86 bits per heavy atom. The molecule has 0 atom stereocenters. The number of rotatable bonds is 3. The van der Waals surface area contributed by atoms with E-state index in [1.165, 1.54) is 9.71 Å². The Morgan fingerprint density at radius 2 is 2.14 bits per heavy atom. The summed E-state index contributed by atoms with van der Waals surface area (Å²) < 4.78 is 1.27. The molecule has 0 aliphatic carbocycles. The van der Waals surface area contributed by atoms with Gasteiger partial charge in [-0.3, -0.25) is 0 Å². The molecule has 0 saturated carbocycles. The molecule has 0 saturated heterocycles. The van der Waals surface area contributed by atoms with E-state index in [2.05, 4.69) is 42.3 Å². The van der Waals surface area contributed by atoms with Gasteiger partial charge in [-0.2, -0.15) is 0 Å². The molecule has 0 spiro atoms. The number of para-hydroxylation sites is 1. The molecule has 0 aliphatic heterocycles. The van der Waals surface area contributed by atoms with Gasteiger partial charge in [0.2, 0.25) is 0 Å². The Balaban J connectivity index is 2.19. The van der Waals surface area contributed by atoms with Crippen molar-refractivity contribution >= 4 is 21.6 Å². The van der Waals surface area contributed by atoms with Gasteiger partial charge >= 0.3 is 0 Å². The SMILES string of the molecule is CC(C)NCc1nc2ccccc2s1. The van der Waals surface area contributed by atoms with Crippen molar-refractivity contribution in [1.82, 2.24) is 10.3 Å². The van der Waals surface area contributed by atoms with Gasteiger partial charge < -0.3 is 5.32 Å². The summed E-state index contributed by atoms with van der Waals surface area (Å²) in [4.78, 5) is 4.54. The summed E-state index contributed by atoms with van der Waals surface area (Å²) >= 11 is 1.77. The fourth-order valence-electron chi connectivity index (χ4n) is 1.29. The molecule has 74 valence electrons. The van der Waals surface area contributed by atoms with E-state index in [-0.39, 0.29) is 0 Å². The average molecular weight is 206 g/mol. The fourth-order valence-corrected chi connectivity index (χ4v) is 2.21. The highest BCUT2D eigenvalue weighted by molar-refractivity contribution is 7.18. The van der Waals surface area contributed by atoms with Crippen LogP contribution in [0.2, 0.25) is 0 Å². The number of thiazole rings is 1. The minimum atomic E-state index is 0.516. The van der Waals surface area contributed by atoms with Crippen molar-refractivity contribution in [3.05, 3.63) is 29.3 Å². The van der Waals surface area contributed by atoms with Gasteiger partial charge in [-0.15, -0.1) is 11.3 Å². The van der Waals surface area contributed by atoms with Gasteiger partial charge in [0.1, 0.15) is 5.01 Å². The van der Waals surface area contributed by atoms with Gasteiger partial charge in [-0.1, -0.05) is 26.0 Å². The van der Waals surface area contributed by atoms with Crippen LogP contribution in [0, 0.1) is 0 Å². The standard InChI is InChI=1S/C11H14N2S/c1-8(2)12-7-11-13-9-5-3-4-6-10(9)14-11/h3-6,8,12H,7H2,1-2H3. The number of hydrogen-bond donors (Lipinski definition) is 1. The molecular weight excluding hydrogens is 192 g/mol. The topological polar surface area (TPSA) is 24.9 Å². The van der Waals surface area contributed by atoms with E-state index in [4.69, 9.17) is 0 Å². The quantitative estimate of drug-likeness (QED) is 0.835. The number of hydrogen-bond acceptors (Lipinski definition) is 3. The first kappa shape index (κ1) is 9.62. The molecule has 1 aromatic carbocycles. The van der Waals surface area contributed by atoms with Crippen LogP contribution in [-0.2, 0) is 6.54 Å². The maximum atomic E-state index is 4.54. The Kier molecular flexibility index (Phi) is 2.79. The third-order valence-electron chi connectivity index (χ3n) is 2.00. The maximum absolute atomic E-state index is 4.54. The lowest BCUT2D eigenvalue weighted by Gasteiger charge is -2.04. The highest BCUT2D eigenvalue weighted by atomic mass is 32.1. The smallest absolute Gasteiger partial charge is 0.108 e. The van der Waals surface area contributed by atoms with Crippen LogP contribution in [0.25, 0.3) is 10.2 Å². The lowest BCUT2D eigenvalue weighted by atomic mass is 10.3. The Labute approximate surface area is 88.0 Å². The molecule has 14 heavy (non-hydrogen) atoms. The van der Waals surface area contributed by atoms with Gasteiger partial charge in [0.05, 0.1) is 10.2 Å². The summed E-state index contributed by atoms with van der Waals surface area (Å²) in [5, 5.41) is 4.54. The van der Waals surface area contributed by atoms with Crippen molar-refractivity contribution in [2.45, 2.75) is 26.4 Å². The van der Waals surface area contributed by atoms with Crippen molar-refractivity contribution in [1.29, 1.82) is 0 Å². The van der Waals surface area contributed by atoms with Gasteiger partial charge in [0.15, 0.2) is 0 Å². The van der Waals surface area contributed by atoms with Crippen LogP contribution in [0.5, 0.6) is 0 Å². The van der Waals surface area contributed by atoms with Gasteiger partial charge in [0.25, 0.3) is 0 Å². The third-order valence-corrected chi connectivity index (χ3v) is 3.04. The van der Waals surface area contributed by atoms with Crippen LogP contribution in [0.4, 0.5) is 0 Å². The number of nitrogens with one attached hydrogen (secondary N) is 1. The fraction of sp³-hybridized carbons (Fsp3) is 0.364. The monoisotopic (exact) mass is 206 g/mol. The highest BCUT2D eigenvalue weighted by Crippen LogP contribution is 2.21. The zero-order valence-electron chi connectivity index (χ0n) is 8.45. The van der Waals surface area contributed by atoms with E-state index >= 15 is 0 Å². The van der Waals surface area contributed by atoms with E-state index in [1.54, 1.807) is 11.3 Å². The zero-order valence-corrected chi connectivity index (χ0v) is 9.27. The third kappa shape index (κ3) is 2.11. The molecule has 3 heteroatoms. The Bertz CT molecular complexity index is 387. The molecule has 1 heterocycles. The maximum Gasteiger partial charge on any atom is 0.108 e. The molecule has 2 nitrogen and oxygen atoms in total. The van der Waals surface area contributed by atoms with Crippen LogP contribution in [0.3, 0.4) is 0 Å². The predicted octanol–water partition coefficient (Wildman–Crippen LogP) is 2.79. The Hall–Kier alpha value is -0.930. The molecule has 0 bridgehead atoms.